The molecule has 1 fully saturated rings. The van der Waals surface area contributed by atoms with Crippen molar-refractivity contribution in [2.24, 2.45) is 5.92 Å². The maximum atomic E-state index is 11.3. The summed E-state index contributed by atoms with van der Waals surface area (Å²) in [5.74, 6) is 0.0276. The molecule has 0 aliphatic heterocycles. The molecule has 0 aromatic carbocycles. The zero-order chi connectivity index (χ0) is 14.0. The van der Waals surface area contributed by atoms with E-state index in [2.05, 4.69) is 25.8 Å². The average Bonchev–Trinajstić information content (AvgIpc) is 2.74. The number of aromatic carboxylic acids is 1. The molecule has 106 valence electrons. The Morgan fingerprint density at radius 2 is 2.00 bits per heavy atom. The van der Waals surface area contributed by atoms with E-state index in [9.17, 15) is 9.90 Å². The molecule has 4 nitrogen and oxygen atoms in total. The third-order valence-electron chi connectivity index (χ3n) is 3.97. The lowest BCUT2D eigenvalue weighted by atomic mass is 9.75. The molecule has 1 N–H and O–H groups in total. The number of rotatable bonds is 4. The van der Waals surface area contributed by atoms with E-state index in [0.29, 0.717) is 23.9 Å². The molecule has 1 heterocycles. The van der Waals surface area contributed by atoms with Crippen LogP contribution in [-0.4, -0.2) is 16.1 Å². The Kier molecular flexibility index (Phi) is 3.97. The van der Waals surface area contributed by atoms with Gasteiger partial charge in [-0.25, -0.2) is 9.78 Å². The first-order valence-corrected chi connectivity index (χ1v) is 7.16. The van der Waals surface area contributed by atoms with Gasteiger partial charge in [0, 0.05) is 5.41 Å². The number of nitrogens with zero attached hydrogens (tertiary/aromatic N) is 1. The lowest BCUT2D eigenvalue weighted by Crippen LogP contribution is -2.25. The zero-order valence-corrected chi connectivity index (χ0v) is 12.0. The van der Waals surface area contributed by atoms with Gasteiger partial charge >= 0.3 is 5.97 Å². The second-order valence-electron chi connectivity index (χ2n) is 6.32. The molecule has 4 heteroatoms. The number of carboxylic acid groups (broad SMARTS) is 1. The van der Waals surface area contributed by atoms with Crippen LogP contribution in [0.5, 0.6) is 0 Å². The standard InChI is InChI=1S/C15H23NO3/c1-10(2)9-11-12(13(17)18)19-14(16-11)15(3)7-5-4-6-8-15/h10H,4-9H2,1-3H3,(H,17,18). The second kappa shape index (κ2) is 5.35. The van der Waals surface area contributed by atoms with E-state index in [0.717, 1.165) is 12.8 Å². The van der Waals surface area contributed by atoms with Gasteiger partial charge in [0.25, 0.3) is 0 Å². The minimum Gasteiger partial charge on any atom is -0.475 e. The molecule has 0 saturated heterocycles. The highest BCUT2D eigenvalue weighted by atomic mass is 16.4. The van der Waals surface area contributed by atoms with Gasteiger partial charge in [0.1, 0.15) is 0 Å². The Labute approximate surface area is 114 Å². The van der Waals surface area contributed by atoms with Crippen molar-refractivity contribution in [3.8, 4) is 0 Å². The van der Waals surface area contributed by atoms with Gasteiger partial charge in [0.15, 0.2) is 0 Å². The van der Waals surface area contributed by atoms with Gasteiger partial charge in [0.05, 0.1) is 5.69 Å². The van der Waals surface area contributed by atoms with Gasteiger partial charge < -0.3 is 9.52 Å². The normalized spacial score (nSPS) is 18.7. The van der Waals surface area contributed by atoms with Gasteiger partial charge in [-0.3, -0.25) is 0 Å². The van der Waals surface area contributed by atoms with Crippen molar-refractivity contribution < 1.29 is 14.3 Å². The number of oxazole rings is 1. The first kappa shape index (κ1) is 14.1. The van der Waals surface area contributed by atoms with E-state index in [-0.39, 0.29) is 11.2 Å². The second-order valence-corrected chi connectivity index (χ2v) is 6.32. The van der Waals surface area contributed by atoms with E-state index < -0.39 is 5.97 Å². The molecular formula is C15H23NO3. The van der Waals surface area contributed by atoms with Crippen LogP contribution < -0.4 is 0 Å². The van der Waals surface area contributed by atoms with E-state index in [1.54, 1.807) is 0 Å². The van der Waals surface area contributed by atoms with Crippen LogP contribution in [0.25, 0.3) is 0 Å². The van der Waals surface area contributed by atoms with Crippen LogP contribution in [0.3, 0.4) is 0 Å². The predicted octanol–water partition coefficient (Wildman–Crippen LogP) is 3.79. The molecule has 0 spiro atoms. The molecule has 0 bridgehead atoms. The Balaban J connectivity index is 2.33. The molecule has 1 aromatic heterocycles. The van der Waals surface area contributed by atoms with Crippen LogP contribution >= 0.6 is 0 Å². The van der Waals surface area contributed by atoms with E-state index in [1.165, 1.54) is 19.3 Å². The lowest BCUT2D eigenvalue weighted by molar-refractivity contribution is 0.0654. The molecule has 1 aliphatic rings. The molecule has 0 amide bonds. The fourth-order valence-electron chi connectivity index (χ4n) is 2.85. The van der Waals surface area contributed by atoms with Gasteiger partial charge in [-0.1, -0.05) is 40.0 Å². The minimum absolute atomic E-state index is 0.0375. The summed E-state index contributed by atoms with van der Waals surface area (Å²) in [5, 5.41) is 9.24. The maximum Gasteiger partial charge on any atom is 0.373 e. The quantitative estimate of drug-likeness (QED) is 0.899. The molecule has 1 saturated carbocycles. The summed E-state index contributed by atoms with van der Waals surface area (Å²) >= 11 is 0. The molecule has 0 radical (unpaired) electrons. The molecule has 0 unspecified atom stereocenters. The summed E-state index contributed by atoms with van der Waals surface area (Å²) in [4.78, 5) is 15.8. The van der Waals surface area contributed by atoms with Crippen LogP contribution in [0.4, 0.5) is 0 Å². The number of hydrogen-bond acceptors (Lipinski definition) is 3. The van der Waals surface area contributed by atoms with Crippen LogP contribution in [0, 0.1) is 5.92 Å². The van der Waals surface area contributed by atoms with Crippen molar-refractivity contribution in [1.82, 2.24) is 4.98 Å². The van der Waals surface area contributed by atoms with E-state index in [4.69, 9.17) is 4.42 Å². The Hall–Kier alpha value is -1.32. The highest BCUT2D eigenvalue weighted by molar-refractivity contribution is 5.85. The Morgan fingerprint density at radius 1 is 1.37 bits per heavy atom. The molecule has 1 aliphatic carbocycles. The fraction of sp³-hybridized carbons (Fsp3) is 0.733. The average molecular weight is 265 g/mol. The van der Waals surface area contributed by atoms with Crippen molar-refractivity contribution in [3.05, 3.63) is 17.3 Å². The highest BCUT2D eigenvalue weighted by Gasteiger charge is 2.35. The first-order chi connectivity index (χ1) is 8.92. The third kappa shape index (κ3) is 2.99. The maximum absolute atomic E-state index is 11.3. The summed E-state index contributed by atoms with van der Waals surface area (Å²) in [6, 6.07) is 0. The smallest absolute Gasteiger partial charge is 0.373 e. The Bertz CT molecular complexity index is 456. The number of carbonyl (C=O) groups is 1. The van der Waals surface area contributed by atoms with Crippen LogP contribution in [0.15, 0.2) is 4.42 Å². The van der Waals surface area contributed by atoms with E-state index >= 15 is 0 Å². The molecule has 0 atom stereocenters. The largest absolute Gasteiger partial charge is 0.475 e. The predicted molar refractivity (Wildman–Crippen MR) is 72.4 cm³/mol. The van der Waals surface area contributed by atoms with Crippen molar-refractivity contribution in [2.45, 2.75) is 64.7 Å². The van der Waals surface area contributed by atoms with Crippen LogP contribution in [0.1, 0.15) is 75.0 Å². The van der Waals surface area contributed by atoms with Crippen LogP contribution in [-0.2, 0) is 11.8 Å². The minimum atomic E-state index is -1.01. The monoisotopic (exact) mass is 265 g/mol. The van der Waals surface area contributed by atoms with Gasteiger partial charge in [-0.05, 0) is 25.2 Å². The number of carboxylic acids is 1. The van der Waals surface area contributed by atoms with Gasteiger partial charge in [-0.2, -0.15) is 0 Å². The topological polar surface area (TPSA) is 63.3 Å². The van der Waals surface area contributed by atoms with Crippen molar-refractivity contribution in [1.29, 1.82) is 0 Å². The van der Waals surface area contributed by atoms with Crippen molar-refractivity contribution in [2.75, 3.05) is 0 Å². The van der Waals surface area contributed by atoms with Crippen LogP contribution in [0.2, 0.25) is 0 Å². The molecule has 2 rings (SSSR count). The fourth-order valence-corrected chi connectivity index (χ4v) is 2.85. The molecular weight excluding hydrogens is 242 g/mol. The zero-order valence-electron chi connectivity index (χ0n) is 12.0. The van der Waals surface area contributed by atoms with Gasteiger partial charge in [0.2, 0.25) is 11.7 Å². The lowest BCUT2D eigenvalue weighted by Gasteiger charge is -2.30. The van der Waals surface area contributed by atoms with Crippen molar-refractivity contribution in [3.63, 3.8) is 0 Å². The summed E-state index contributed by atoms with van der Waals surface area (Å²) in [6.45, 7) is 6.26. The van der Waals surface area contributed by atoms with Gasteiger partial charge in [-0.15, -0.1) is 0 Å². The number of hydrogen-bond donors (Lipinski definition) is 1. The highest BCUT2D eigenvalue weighted by Crippen LogP contribution is 2.39. The SMILES string of the molecule is CC(C)Cc1nc(C2(C)CCCCC2)oc1C(=O)O. The third-order valence-corrected chi connectivity index (χ3v) is 3.97. The molecule has 19 heavy (non-hydrogen) atoms. The summed E-state index contributed by atoms with van der Waals surface area (Å²) < 4.78 is 5.61. The molecule has 1 aromatic rings. The summed E-state index contributed by atoms with van der Waals surface area (Å²) in [6.07, 6.45) is 6.31. The van der Waals surface area contributed by atoms with Crippen molar-refractivity contribution >= 4 is 5.97 Å². The van der Waals surface area contributed by atoms with E-state index in [1.807, 2.05) is 0 Å². The Morgan fingerprint density at radius 3 is 2.53 bits per heavy atom. The summed E-state index contributed by atoms with van der Waals surface area (Å²) in [7, 11) is 0. The first-order valence-electron chi connectivity index (χ1n) is 7.16. The number of aromatic nitrogens is 1. The summed E-state index contributed by atoms with van der Waals surface area (Å²) in [5.41, 5.74) is 0.516.